The van der Waals surface area contributed by atoms with Gasteiger partial charge in [-0.15, -0.1) is 0 Å². The van der Waals surface area contributed by atoms with Gasteiger partial charge in [0.05, 0.1) is 6.04 Å². The summed E-state index contributed by atoms with van der Waals surface area (Å²) in [7, 11) is 0. The normalized spacial score (nSPS) is 12.4. The van der Waals surface area contributed by atoms with Crippen LogP contribution in [0.2, 0.25) is 0 Å². The lowest BCUT2D eigenvalue weighted by Gasteiger charge is -2.15. The van der Waals surface area contributed by atoms with Gasteiger partial charge in [0, 0.05) is 24.4 Å². The van der Waals surface area contributed by atoms with E-state index >= 15 is 0 Å². The number of nitrogens with one attached hydrogen (secondary N) is 1. The highest BCUT2D eigenvalue weighted by molar-refractivity contribution is 5.43. The van der Waals surface area contributed by atoms with Gasteiger partial charge in [0.2, 0.25) is 0 Å². The summed E-state index contributed by atoms with van der Waals surface area (Å²) in [5.41, 5.74) is 1.94. The maximum atomic E-state index is 9.93. The number of benzene rings is 1. The third-order valence-corrected chi connectivity index (χ3v) is 2.98. The first-order valence-electron chi connectivity index (χ1n) is 6.19. The molecule has 4 nitrogen and oxygen atoms in total. The molecule has 0 bridgehead atoms. The molecule has 2 N–H and O–H groups in total. The van der Waals surface area contributed by atoms with Crippen LogP contribution >= 0.6 is 0 Å². The van der Waals surface area contributed by atoms with Crippen molar-refractivity contribution < 1.29 is 5.11 Å². The van der Waals surface area contributed by atoms with Gasteiger partial charge in [-0.25, -0.2) is 0 Å². The smallest absolute Gasteiger partial charge is 0.148 e. The summed E-state index contributed by atoms with van der Waals surface area (Å²) in [6.45, 7) is 6.87. The van der Waals surface area contributed by atoms with Gasteiger partial charge in [0.25, 0.3) is 0 Å². The van der Waals surface area contributed by atoms with Gasteiger partial charge in [-0.2, -0.15) is 5.10 Å². The van der Waals surface area contributed by atoms with E-state index < -0.39 is 0 Å². The van der Waals surface area contributed by atoms with Crippen molar-refractivity contribution in [1.29, 1.82) is 0 Å². The fraction of sp³-hybridized carbons (Fsp3) is 0.357. The molecular weight excluding hydrogens is 226 g/mol. The number of anilines is 1. The fourth-order valence-electron chi connectivity index (χ4n) is 1.93. The Balaban J connectivity index is 2.13. The van der Waals surface area contributed by atoms with E-state index in [1.165, 1.54) is 0 Å². The van der Waals surface area contributed by atoms with Crippen LogP contribution in [0.5, 0.6) is 5.75 Å². The lowest BCUT2D eigenvalue weighted by Crippen LogP contribution is -2.08. The zero-order valence-electron chi connectivity index (χ0n) is 11.0. The van der Waals surface area contributed by atoms with Gasteiger partial charge >= 0.3 is 0 Å². The van der Waals surface area contributed by atoms with Crippen LogP contribution in [0.3, 0.4) is 0 Å². The SMILES string of the molecule is CCn1ccc(NC(C)c2ccc(C)cc2O)n1. The van der Waals surface area contributed by atoms with Crippen molar-refractivity contribution in [3.05, 3.63) is 41.6 Å². The van der Waals surface area contributed by atoms with Crippen molar-refractivity contribution >= 4 is 5.82 Å². The Bertz CT molecular complexity index is 534. The molecule has 0 saturated carbocycles. The number of aromatic nitrogens is 2. The number of aromatic hydroxyl groups is 1. The molecular formula is C14H19N3O. The molecule has 0 aliphatic rings. The van der Waals surface area contributed by atoms with Crippen molar-refractivity contribution in [2.75, 3.05) is 5.32 Å². The molecule has 1 atom stereocenters. The van der Waals surface area contributed by atoms with Crippen molar-refractivity contribution in [3.8, 4) is 5.75 Å². The lowest BCUT2D eigenvalue weighted by molar-refractivity contribution is 0.465. The minimum atomic E-state index is 0.0193. The quantitative estimate of drug-likeness (QED) is 0.870. The van der Waals surface area contributed by atoms with Gasteiger partial charge < -0.3 is 10.4 Å². The summed E-state index contributed by atoms with van der Waals surface area (Å²) >= 11 is 0. The topological polar surface area (TPSA) is 50.1 Å². The van der Waals surface area contributed by atoms with Crippen LogP contribution in [0, 0.1) is 6.92 Å². The molecule has 18 heavy (non-hydrogen) atoms. The van der Waals surface area contributed by atoms with Crippen LogP contribution in [0.15, 0.2) is 30.5 Å². The maximum absolute atomic E-state index is 9.93. The molecule has 1 aromatic carbocycles. The van der Waals surface area contributed by atoms with E-state index in [0.717, 1.165) is 23.5 Å². The first-order valence-corrected chi connectivity index (χ1v) is 6.19. The largest absolute Gasteiger partial charge is 0.508 e. The number of nitrogens with zero attached hydrogens (tertiary/aromatic N) is 2. The minimum absolute atomic E-state index is 0.0193. The predicted molar refractivity (Wildman–Crippen MR) is 72.8 cm³/mol. The minimum Gasteiger partial charge on any atom is -0.508 e. The van der Waals surface area contributed by atoms with Crippen LogP contribution in [0.4, 0.5) is 5.82 Å². The summed E-state index contributed by atoms with van der Waals surface area (Å²) < 4.78 is 1.87. The first-order chi connectivity index (χ1) is 8.60. The summed E-state index contributed by atoms with van der Waals surface area (Å²) in [4.78, 5) is 0. The van der Waals surface area contributed by atoms with Gasteiger partial charge in [-0.3, -0.25) is 4.68 Å². The Labute approximate surface area is 107 Å². The number of phenolic OH excluding ortho intramolecular Hbond substituents is 1. The highest BCUT2D eigenvalue weighted by Crippen LogP contribution is 2.27. The van der Waals surface area contributed by atoms with E-state index in [-0.39, 0.29) is 6.04 Å². The number of rotatable bonds is 4. The molecule has 1 heterocycles. The van der Waals surface area contributed by atoms with E-state index in [9.17, 15) is 5.11 Å². The molecule has 0 aliphatic carbocycles. The zero-order valence-corrected chi connectivity index (χ0v) is 11.0. The number of hydrogen-bond acceptors (Lipinski definition) is 3. The number of aryl methyl sites for hydroxylation is 2. The molecule has 2 aromatic rings. The Morgan fingerprint density at radius 3 is 2.78 bits per heavy atom. The van der Waals surface area contributed by atoms with Gasteiger partial charge in [0.1, 0.15) is 11.6 Å². The maximum Gasteiger partial charge on any atom is 0.148 e. The average Bonchev–Trinajstić information content (AvgIpc) is 2.76. The van der Waals surface area contributed by atoms with Gasteiger partial charge in [-0.1, -0.05) is 12.1 Å². The summed E-state index contributed by atoms with van der Waals surface area (Å²) in [6, 6.07) is 7.67. The molecule has 0 saturated heterocycles. The molecule has 4 heteroatoms. The molecule has 0 fully saturated rings. The zero-order chi connectivity index (χ0) is 13.1. The predicted octanol–water partition coefficient (Wildman–Crippen LogP) is 3.09. The Hall–Kier alpha value is -1.97. The van der Waals surface area contributed by atoms with Crippen molar-refractivity contribution in [2.24, 2.45) is 0 Å². The third-order valence-electron chi connectivity index (χ3n) is 2.98. The van der Waals surface area contributed by atoms with E-state index in [4.69, 9.17) is 0 Å². The number of phenols is 1. The van der Waals surface area contributed by atoms with Gasteiger partial charge in [0.15, 0.2) is 0 Å². The first kappa shape index (κ1) is 12.5. The molecule has 96 valence electrons. The number of hydrogen-bond donors (Lipinski definition) is 2. The Morgan fingerprint density at radius 2 is 2.17 bits per heavy atom. The van der Waals surface area contributed by atoms with Crippen LogP contribution in [-0.2, 0) is 6.54 Å². The highest BCUT2D eigenvalue weighted by Gasteiger charge is 2.11. The molecule has 0 amide bonds. The summed E-state index contributed by atoms with van der Waals surface area (Å²) in [5.74, 6) is 1.15. The van der Waals surface area contributed by atoms with Gasteiger partial charge in [-0.05, 0) is 32.4 Å². The molecule has 0 spiro atoms. The van der Waals surface area contributed by atoms with Crippen molar-refractivity contribution in [3.63, 3.8) is 0 Å². The highest BCUT2D eigenvalue weighted by atomic mass is 16.3. The molecule has 0 aliphatic heterocycles. The van der Waals surface area contributed by atoms with Crippen LogP contribution in [0.25, 0.3) is 0 Å². The summed E-state index contributed by atoms with van der Waals surface area (Å²) in [5, 5.41) is 17.6. The molecule has 1 aromatic heterocycles. The van der Waals surface area contributed by atoms with E-state index in [0.29, 0.717) is 5.75 Å². The molecule has 0 radical (unpaired) electrons. The fourth-order valence-corrected chi connectivity index (χ4v) is 1.93. The monoisotopic (exact) mass is 245 g/mol. The van der Waals surface area contributed by atoms with E-state index in [1.807, 2.05) is 49.8 Å². The molecule has 2 rings (SSSR count). The second kappa shape index (κ2) is 5.12. The average molecular weight is 245 g/mol. The Morgan fingerprint density at radius 1 is 1.39 bits per heavy atom. The van der Waals surface area contributed by atoms with E-state index in [2.05, 4.69) is 10.4 Å². The van der Waals surface area contributed by atoms with Crippen LogP contribution in [0.1, 0.15) is 31.0 Å². The summed E-state index contributed by atoms with van der Waals surface area (Å²) in [6.07, 6.45) is 1.93. The van der Waals surface area contributed by atoms with Crippen molar-refractivity contribution in [2.45, 2.75) is 33.4 Å². The second-order valence-corrected chi connectivity index (χ2v) is 4.48. The lowest BCUT2D eigenvalue weighted by atomic mass is 10.1. The van der Waals surface area contributed by atoms with Crippen molar-refractivity contribution in [1.82, 2.24) is 9.78 Å². The third kappa shape index (κ3) is 2.64. The van der Waals surface area contributed by atoms with E-state index in [1.54, 1.807) is 6.07 Å². The standard InChI is InChI=1S/C14H19N3O/c1-4-17-8-7-14(16-17)15-11(3)12-6-5-10(2)9-13(12)18/h5-9,11,18H,4H2,1-3H3,(H,15,16). The Kier molecular flexibility index (Phi) is 3.55. The molecule has 1 unspecified atom stereocenters. The van der Waals surface area contributed by atoms with Crippen LogP contribution in [-0.4, -0.2) is 14.9 Å². The van der Waals surface area contributed by atoms with Crippen LogP contribution < -0.4 is 5.32 Å². The second-order valence-electron chi connectivity index (χ2n) is 4.48.